The van der Waals surface area contributed by atoms with Gasteiger partial charge in [-0.05, 0) is 49.8 Å². The summed E-state index contributed by atoms with van der Waals surface area (Å²) in [6, 6.07) is 6.66. The van der Waals surface area contributed by atoms with Crippen LogP contribution in [0.3, 0.4) is 0 Å². The van der Waals surface area contributed by atoms with Crippen molar-refractivity contribution in [1.82, 2.24) is 10.2 Å². The lowest BCUT2D eigenvalue weighted by atomic mass is 10.1. The van der Waals surface area contributed by atoms with Gasteiger partial charge in [0.2, 0.25) is 0 Å². The molecule has 1 aliphatic rings. The molecule has 5 nitrogen and oxygen atoms in total. The van der Waals surface area contributed by atoms with Gasteiger partial charge in [-0.15, -0.1) is 35.7 Å². The van der Waals surface area contributed by atoms with E-state index < -0.39 is 0 Å². The van der Waals surface area contributed by atoms with Crippen molar-refractivity contribution in [3.05, 3.63) is 30.1 Å². The monoisotopic (exact) mass is 525 g/mol. The van der Waals surface area contributed by atoms with E-state index in [0.717, 1.165) is 62.2 Å². The minimum absolute atomic E-state index is 0. The van der Waals surface area contributed by atoms with Crippen molar-refractivity contribution in [1.29, 1.82) is 0 Å². The minimum Gasteiger partial charge on any atom is -0.382 e. The summed E-state index contributed by atoms with van der Waals surface area (Å²) in [5.41, 5.74) is 0. The third-order valence-electron chi connectivity index (χ3n) is 4.35. The Morgan fingerprint density at radius 2 is 2.11 bits per heavy atom. The molecule has 1 aromatic rings. The van der Waals surface area contributed by atoms with Gasteiger partial charge in [0.15, 0.2) is 5.96 Å². The fourth-order valence-corrected chi connectivity index (χ4v) is 3.79. The minimum atomic E-state index is -0.188. The third kappa shape index (κ3) is 9.76. The van der Waals surface area contributed by atoms with Gasteiger partial charge >= 0.3 is 0 Å². The van der Waals surface area contributed by atoms with Gasteiger partial charge in [-0.1, -0.05) is 0 Å². The van der Waals surface area contributed by atoms with Crippen LogP contribution in [0.5, 0.6) is 0 Å². The Morgan fingerprint density at radius 1 is 1.32 bits per heavy atom. The van der Waals surface area contributed by atoms with Crippen LogP contribution in [0, 0.1) is 11.7 Å². The van der Waals surface area contributed by atoms with Gasteiger partial charge in [0.25, 0.3) is 0 Å². The highest BCUT2D eigenvalue weighted by Gasteiger charge is 2.24. The zero-order valence-corrected chi connectivity index (χ0v) is 20.0. The maximum atomic E-state index is 12.9. The average molecular weight is 525 g/mol. The highest BCUT2D eigenvalue weighted by molar-refractivity contribution is 14.0. The van der Waals surface area contributed by atoms with Crippen molar-refractivity contribution >= 4 is 41.7 Å². The lowest BCUT2D eigenvalue weighted by Crippen LogP contribution is -2.40. The number of benzene rings is 1. The summed E-state index contributed by atoms with van der Waals surface area (Å²) < 4.78 is 23.6. The summed E-state index contributed by atoms with van der Waals surface area (Å²) in [5.74, 6) is 2.35. The average Bonchev–Trinajstić information content (AvgIpc) is 3.14. The van der Waals surface area contributed by atoms with E-state index in [1.807, 2.05) is 12.1 Å². The molecule has 1 fully saturated rings. The molecule has 2 rings (SSSR count). The highest BCUT2D eigenvalue weighted by atomic mass is 127. The standard InChI is InChI=1S/C20H32FN3O2S.HI/c1-3-22-20(24-11-9-17(15-24)16-26-13-12-25-2)23-10-4-14-27-19-7-5-18(21)6-8-19;/h5-8,17H,3-4,9-16H2,1-2H3,(H,22,23);1H. The molecule has 28 heavy (non-hydrogen) atoms. The molecule has 1 aromatic carbocycles. The predicted molar refractivity (Wildman–Crippen MR) is 126 cm³/mol. The molecule has 8 heteroatoms. The first-order valence-electron chi connectivity index (χ1n) is 9.71. The van der Waals surface area contributed by atoms with Crippen LogP contribution < -0.4 is 5.32 Å². The molecule has 1 atom stereocenters. The molecule has 1 unspecified atom stereocenters. The van der Waals surface area contributed by atoms with E-state index >= 15 is 0 Å². The van der Waals surface area contributed by atoms with E-state index in [2.05, 4.69) is 17.1 Å². The molecule has 0 saturated carbocycles. The quantitative estimate of drug-likeness (QED) is 0.156. The van der Waals surface area contributed by atoms with Crippen LogP contribution in [-0.2, 0) is 9.47 Å². The second kappa shape index (κ2) is 15.3. The number of guanidine groups is 1. The lowest BCUT2D eigenvalue weighted by molar-refractivity contribution is 0.0536. The second-order valence-corrected chi connectivity index (χ2v) is 7.73. The van der Waals surface area contributed by atoms with Gasteiger partial charge in [-0.3, -0.25) is 4.99 Å². The number of thioether (sulfide) groups is 1. The van der Waals surface area contributed by atoms with E-state index in [-0.39, 0.29) is 29.8 Å². The van der Waals surface area contributed by atoms with Crippen LogP contribution in [-0.4, -0.2) is 69.7 Å². The number of hydrogen-bond acceptors (Lipinski definition) is 4. The molecule has 1 aliphatic heterocycles. The van der Waals surface area contributed by atoms with Gasteiger partial charge in [0.1, 0.15) is 5.82 Å². The van der Waals surface area contributed by atoms with Gasteiger partial charge in [0.05, 0.1) is 19.8 Å². The van der Waals surface area contributed by atoms with E-state index in [1.165, 1.54) is 12.1 Å². The Bertz CT molecular complexity index is 563. The van der Waals surface area contributed by atoms with Crippen molar-refractivity contribution in [2.24, 2.45) is 10.9 Å². The molecular weight excluding hydrogens is 492 g/mol. The Kier molecular flexibility index (Phi) is 13.9. The summed E-state index contributed by atoms with van der Waals surface area (Å²) in [4.78, 5) is 8.22. The molecule has 0 aliphatic carbocycles. The molecule has 0 aromatic heterocycles. The van der Waals surface area contributed by atoms with Crippen LogP contribution in [0.2, 0.25) is 0 Å². The second-order valence-electron chi connectivity index (χ2n) is 6.56. The SMILES string of the molecule is CCNC(=NCCCSc1ccc(F)cc1)N1CCC(COCCOC)C1.I. The first-order valence-corrected chi connectivity index (χ1v) is 10.7. The van der Waals surface area contributed by atoms with E-state index in [9.17, 15) is 4.39 Å². The van der Waals surface area contributed by atoms with Crippen molar-refractivity contribution in [2.45, 2.75) is 24.7 Å². The molecule has 1 saturated heterocycles. The number of aliphatic imine (C=N–C) groups is 1. The molecule has 0 amide bonds. The number of nitrogens with zero attached hydrogens (tertiary/aromatic N) is 2. The van der Waals surface area contributed by atoms with Crippen LogP contribution >= 0.6 is 35.7 Å². The van der Waals surface area contributed by atoms with Crippen LogP contribution in [0.15, 0.2) is 34.2 Å². The zero-order valence-electron chi connectivity index (χ0n) is 16.9. The first-order chi connectivity index (χ1) is 13.2. The molecule has 0 bridgehead atoms. The maximum absolute atomic E-state index is 12.9. The van der Waals surface area contributed by atoms with Crippen LogP contribution in [0.25, 0.3) is 0 Å². The Morgan fingerprint density at radius 3 is 2.82 bits per heavy atom. The van der Waals surface area contributed by atoms with Crippen LogP contribution in [0.1, 0.15) is 19.8 Å². The number of ether oxygens (including phenoxy) is 2. The Labute approximate surface area is 189 Å². The Balaban J connectivity index is 0.00000392. The van der Waals surface area contributed by atoms with E-state index in [4.69, 9.17) is 14.5 Å². The number of methoxy groups -OCH3 is 1. The number of hydrogen-bond donors (Lipinski definition) is 1. The molecular formula is C20H33FIN3O2S. The highest BCUT2D eigenvalue weighted by Crippen LogP contribution is 2.19. The number of rotatable bonds is 11. The summed E-state index contributed by atoms with van der Waals surface area (Å²) in [6.07, 6.45) is 2.13. The van der Waals surface area contributed by atoms with Crippen molar-refractivity contribution in [2.75, 3.05) is 58.9 Å². The van der Waals surface area contributed by atoms with Gasteiger partial charge in [-0.2, -0.15) is 0 Å². The van der Waals surface area contributed by atoms with Crippen molar-refractivity contribution < 1.29 is 13.9 Å². The molecule has 1 heterocycles. The molecule has 1 N–H and O–H groups in total. The fraction of sp³-hybridized carbons (Fsp3) is 0.650. The summed E-state index contributed by atoms with van der Waals surface area (Å²) in [6.45, 7) is 7.87. The predicted octanol–water partition coefficient (Wildman–Crippen LogP) is 3.88. The van der Waals surface area contributed by atoms with Gasteiger partial charge < -0.3 is 19.7 Å². The topological polar surface area (TPSA) is 46.1 Å². The third-order valence-corrected chi connectivity index (χ3v) is 5.45. The number of halogens is 2. The van der Waals surface area contributed by atoms with E-state index in [1.54, 1.807) is 18.9 Å². The zero-order chi connectivity index (χ0) is 19.3. The van der Waals surface area contributed by atoms with E-state index in [0.29, 0.717) is 19.1 Å². The normalized spacial score (nSPS) is 16.9. The smallest absolute Gasteiger partial charge is 0.193 e. The summed E-state index contributed by atoms with van der Waals surface area (Å²) in [7, 11) is 1.69. The first kappa shape index (κ1) is 25.5. The number of likely N-dealkylation sites (tertiary alicyclic amines) is 1. The van der Waals surface area contributed by atoms with Crippen molar-refractivity contribution in [3.8, 4) is 0 Å². The summed E-state index contributed by atoms with van der Waals surface area (Å²) in [5, 5.41) is 3.40. The van der Waals surface area contributed by atoms with Crippen molar-refractivity contribution in [3.63, 3.8) is 0 Å². The lowest BCUT2D eigenvalue weighted by Gasteiger charge is -2.21. The van der Waals surface area contributed by atoms with Gasteiger partial charge in [0, 0.05) is 44.1 Å². The van der Waals surface area contributed by atoms with Crippen LogP contribution in [0.4, 0.5) is 4.39 Å². The number of nitrogens with one attached hydrogen (secondary N) is 1. The molecule has 0 radical (unpaired) electrons. The Hall–Kier alpha value is -0.580. The summed E-state index contributed by atoms with van der Waals surface area (Å²) >= 11 is 1.74. The molecule has 0 spiro atoms. The molecule has 160 valence electrons. The maximum Gasteiger partial charge on any atom is 0.193 e. The van der Waals surface area contributed by atoms with Gasteiger partial charge in [-0.25, -0.2) is 4.39 Å². The largest absolute Gasteiger partial charge is 0.382 e. The fourth-order valence-electron chi connectivity index (χ4n) is 2.95.